The van der Waals surface area contributed by atoms with E-state index in [1.807, 2.05) is 30.5 Å². The van der Waals surface area contributed by atoms with Gasteiger partial charge >= 0.3 is 19.8 Å². The van der Waals surface area contributed by atoms with Crippen molar-refractivity contribution in [1.82, 2.24) is 9.97 Å². The normalized spacial score (nSPS) is 10.7. The monoisotopic (exact) mass is 582 g/mol. The maximum absolute atomic E-state index is 5.00. The summed E-state index contributed by atoms with van der Waals surface area (Å²) in [5, 5.41) is 5.05. The summed E-state index contributed by atoms with van der Waals surface area (Å²) >= 11 is 0. The van der Waals surface area contributed by atoms with Gasteiger partial charge in [0.1, 0.15) is 29.4 Å². The number of aromatic nitrogens is 2. The molecule has 0 unspecified atom stereocenters. The smallest absolute Gasteiger partial charge is 0.285 e. The van der Waals surface area contributed by atoms with Gasteiger partial charge < -0.3 is 0 Å². The number of hydrogen-bond donors (Lipinski definition) is 0. The van der Waals surface area contributed by atoms with Crippen LogP contribution in [-0.2, 0) is 19.8 Å². The summed E-state index contributed by atoms with van der Waals surface area (Å²) in [5.74, 6) is 0.716. The Morgan fingerprint density at radius 3 is 1.97 bits per heavy atom. The topological polar surface area (TPSA) is 25.8 Å². The summed E-state index contributed by atoms with van der Waals surface area (Å²) in [6.07, 6.45) is 1.93. The Bertz CT molecular complexity index is 1210. The molecule has 0 aliphatic carbocycles. The molecule has 2 nitrogen and oxygen atoms in total. The molecular weight excluding hydrogens is 562 g/mol. The molecule has 0 spiro atoms. The van der Waals surface area contributed by atoms with Crippen LogP contribution < -0.4 is 15.9 Å². The van der Waals surface area contributed by atoms with Gasteiger partial charge in [0, 0.05) is 11.6 Å². The molecule has 0 atom stereocenters. The summed E-state index contributed by atoms with van der Waals surface area (Å²) in [6, 6.07) is 39.1. The average molecular weight is 581 g/mol. The van der Waals surface area contributed by atoms with Crippen molar-refractivity contribution in [2.75, 3.05) is 0 Å². The van der Waals surface area contributed by atoms with Crippen LogP contribution >= 0.6 is 7.92 Å². The van der Waals surface area contributed by atoms with E-state index in [2.05, 4.69) is 89.9 Å². The third-order valence-corrected chi connectivity index (χ3v) is 7.72. The van der Waals surface area contributed by atoms with Gasteiger partial charge in [-0.15, -0.1) is 35.9 Å². The molecule has 1 heterocycles. The number of rotatable bonds is 4. The van der Waals surface area contributed by atoms with Gasteiger partial charge in [-0.05, 0) is 30.3 Å². The first-order valence-electron chi connectivity index (χ1n) is 9.61. The maximum atomic E-state index is 5.00. The SMILES string of the molecule is [Os+].[c-]1ccccc1-c1ncc2cccc([PH+](c3ccccc3)c3ccccc3)c2n1. The number of hydrogen-bond acceptors (Lipinski definition) is 2. The van der Waals surface area contributed by atoms with Gasteiger partial charge in [-0.2, -0.15) is 0 Å². The molecule has 0 fully saturated rings. The van der Waals surface area contributed by atoms with Crippen LogP contribution in [0.2, 0.25) is 0 Å². The van der Waals surface area contributed by atoms with Gasteiger partial charge in [0.15, 0.2) is 0 Å². The Labute approximate surface area is 190 Å². The first kappa shape index (κ1) is 20.6. The first-order chi connectivity index (χ1) is 14.4. The molecule has 0 aliphatic rings. The molecule has 30 heavy (non-hydrogen) atoms. The van der Waals surface area contributed by atoms with Crippen LogP contribution in [0.25, 0.3) is 22.3 Å². The van der Waals surface area contributed by atoms with Crippen LogP contribution in [0, 0.1) is 6.07 Å². The number of nitrogens with zero attached hydrogens (tertiary/aromatic N) is 2. The molecule has 5 rings (SSSR count). The van der Waals surface area contributed by atoms with E-state index in [0.29, 0.717) is 5.82 Å². The second-order valence-corrected chi connectivity index (χ2v) is 9.26. The largest absolute Gasteiger partial charge is 1.00 e. The average Bonchev–Trinajstić information content (AvgIpc) is 2.81. The fourth-order valence-corrected chi connectivity index (χ4v) is 6.31. The summed E-state index contributed by atoms with van der Waals surface area (Å²) < 4.78 is 0. The first-order valence-corrected chi connectivity index (χ1v) is 11.1. The molecule has 0 N–H and O–H groups in total. The Hall–Kier alpha value is -2.71. The summed E-state index contributed by atoms with van der Waals surface area (Å²) in [5.41, 5.74) is 1.94. The predicted molar refractivity (Wildman–Crippen MR) is 124 cm³/mol. The Balaban J connectivity index is 0.00000218. The van der Waals surface area contributed by atoms with Crippen LogP contribution in [0.5, 0.6) is 0 Å². The second kappa shape index (κ2) is 9.40. The molecule has 1 radical (unpaired) electrons. The van der Waals surface area contributed by atoms with Gasteiger partial charge in [0.05, 0.1) is 5.82 Å². The zero-order valence-corrected chi connectivity index (χ0v) is 19.7. The molecule has 0 bridgehead atoms. The fraction of sp³-hybridized carbons (Fsp3) is 0. The van der Waals surface area contributed by atoms with Crippen molar-refractivity contribution in [3.05, 3.63) is 115 Å². The van der Waals surface area contributed by atoms with Crippen molar-refractivity contribution >= 4 is 34.7 Å². The summed E-state index contributed by atoms with van der Waals surface area (Å²) in [4.78, 5) is 9.59. The van der Waals surface area contributed by atoms with E-state index in [4.69, 9.17) is 4.98 Å². The van der Waals surface area contributed by atoms with Crippen molar-refractivity contribution in [3.8, 4) is 11.4 Å². The molecule has 4 heteroatoms. The van der Waals surface area contributed by atoms with Gasteiger partial charge in [-0.3, -0.25) is 9.97 Å². The molecule has 0 amide bonds. The van der Waals surface area contributed by atoms with Crippen LogP contribution in [0.15, 0.2) is 109 Å². The van der Waals surface area contributed by atoms with Crippen molar-refractivity contribution in [2.24, 2.45) is 0 Å². The molecule has 5 aromatic rings. The van der Waals surface area contributed by atoms with Crippen LogP contribution in [0.3, 0.4) is 0 Å². The zero-order chi connectivity index (χ0) is 19.5. The van der Waals surface area contributed by atoms with Crippen molar-refractivity contribution < 1.29 is 19.8 Å². The van der Waals surface area contributed by atoms with E-state index in [9.17, 15) is 0 Å². The van der Waals surface area contributed by atoms with Gasteiger partial charge in [0.2, 0.25) is 0 Å². The van der Waals surface area contributed by atoms with Crippen molar-refractivity contribution in [2.45, 2.75) is 0 Å². The summed E-state index contributed by atoms with van der Waals surface area (Å²) in [7, 11) is -1.20. The Kier molecular flexibility index (Phi) is 6.44. The molecule has 4 aromatic carbocycles. The van der Waals surface area contributed by atoms with E-state index >= 15 is 0 Å². The molecular formula is C26H19N2OsP+. The van der Waals surface area contributed by atoms with E-state index in [0.717, 1.165) is 16.5 Å². The second-order valence-electron chi connectivity index (χ2n) is 6.82. The molecule has 0 saturated heterocycles. The van der Waals surface area contributed by atoms with Crippen LogP contribution in [0.1, 0.15) is 0 Å². The minimum Gasteiger partial charge on any atom is -0.285 e. The van der Waals surface area contributed by atoms with Gasteiger partial charge in [-0.25, -0.2) is 0 Å². The summed E-state index contributed by atoms with van der Waals surface area (Å²) in [6.45, 7) is 0. The third-order valence-electron chi connectivity index (χ3n) is 4.96. The number of fused-ring (bicyclic) bond motifs is 1. The number of para-hydroxylation sites is 1. The maximum Gasteiger partial charge on any atom is 1.00 e. The number of benzene rings is 4. The molecule has 145 valence electrons. The molecule has 1 aromatic heterocycles. The van der Waals surface area contributed by atoms with E-state index in [1.165, 1.54) is 15.9 Å². The van der Waals surface area contributed by atoms with E-state index < -0.39 is 7.92 Å². The standard InChI is InChI=1S/C26H18N2P.Os/c1-4-11-20(12-5-1)26-27-19-21-13-10-18-24(25(21)28-26)29(22-14-6-2-7-15-22)23-16-8-3-9-17-23;/h1-11,13-19H;/q-1;+1/p+1. The van der Waals surface area contributed by atoms with Gasteiger partial charge in [0.25, 0.3) is 0 Å². The molecule has 0 aliphatic heterocycles. The van der Waals surface area contributed by atoms with Crippen LogP contribution in [-0.4, -0.2) is 9.97 Å². The zero-order valence-electron chi connectivity index (χ0n) is 16.1. The van der Waals surface area contributed by atoms with E-state index in [-0.39, 0.29) is 19.8 Å². The van der Waals surface area contributed by atoms with E-state index in [1.54, 1.807) is 0 Å². The fourth-order valence-electron chi connectivity index (χ4n) is 3.61. The predicted octanol–water partition coefficient (Wildman–Crippen LogP) is 4.58. The minimum atomic E-state index is -1.20. The van der Waals surface area contributed by atoms with Gasteiger partial charge in [-0.1, -0.05) is 48.5 Å². The quantitative estimate of drug-likeness (QED) is 0.230. The van der Waals surface area contributed by atoms with Crippen molar-refractivity contribution in [1.29, 1.82) is 0 Å². The van der Waals surface area contributed by atoms with Crippen LogP contribution in [0.4, 0.5) is 0 Å². The Morgan fingerprint density at radius 1 is 0.667 bits per heavy atom. The van der Waals surface area contributed by atoms with Crippen molar-refractivity contribution in [3.63, 3.8) is 0 Å². The Morgan fingerprint density at radius 2 is 1.33 bits per heavy atom. The third kappa shape index (κ3) is 4.10. The molecule has 0 saturated carbocycles. The minimum absolute atomic E-state index is 0.